The molecular formula is C21H19Br3N4O. The van der Waals surface area contributed by atoms with Crippen LogP contribution in [0.4, 0.5) is 0 Å². The van der Waals surface area contributed by atoms with Crippen LogP contribution < -0.4 is 5.32 Å². The highest BCUT2D eigenvalue weighted by Crippen LogP contribution is 2.41. The van der Waals surface area contributed by atoms with Gasteiger partial charge in [-0.1, -0.05) is 22.0 Å². The summed E-state index contributed by atoms with van der Waals surface area (Å²) in [5.41, 5.74) is 4.43. The molecule has 0 aliphatic carbocycles. The maximum Gasteiger partial charge on any atom is 0.126 e. The predicted molar refractivity (Wildman–Crippen MR) is 127 cm³/mol. The molecule has 0 amide bonds. The molecular weight excluding hydrogens is 564 g/mol. The summed E-state index contributed by atoms with van der Waals surface area (Å²) < 4.78 is 2.82. The normalized spacial score (nSPS) is 20.7. The molecule has 1 aliphatic heterocycles. The molecule has 8 heteroatoms. The molecule has 4 N–H and O–H groups in total. The van der Waals surface area contributed by atoms with E-state index >= 15 is 0 Å². The monoisotopic (exact) mass is 580 g/mol. The number of nitrogens with zero attached hydrogens (tertiary/aromatic N) is 1. The van der Waals surface area contributed by atoms with Crippen LogP contribution in [0.2, 0.25) is 0 Å². The molecule has 2 atom stereocenters. The molecule has 1 aliphatic rings. The lowest BCUT2D eigenvalue weighted by Gasteiger charge is -2.38. The van der Waals surface area contributed by atoms with Gasteiger partial charge in [-0.3, -0.25) is 4.90 Å². The van der Waals surface area contributed by atoms with Crippen LogP contribution in [0.5, 0.6) is 5.75 Å². The number of rotatable bonds is 2. The maximum absolute atomic E-state index is 10.6. The summed E-state index contributed by atoms with van der Waals surface area (Å²) in [6, 6.07) is 8.51. The summed E-state index contributed by atoms with van der Waals surface area (Å²) in [6.07, 6.45) is 4.11. The van der Waals surface area contributed by atoms with Crippen molar-refractivity contribution in [1.82, 2.24) is 20.2 Å². The molecule has 2 aromatic heterocycles. The van der Waals surface area contributed by atoms with E-state index in [-0.39, 0.29) is 17.8 Å². The van der Waals surface area contributed by atoms with E-state index in [4.69, 9.17) is 0 Å². The molecule has 0 bridgehead atoms. The van der Waals surface area contributed by atoms with E-state index in [9.17, 15) is 5.11 Å². The predicted octanol–water partition coefficient (Wildman–Crippen LogP) is 5.96. The number of fused-ring (bicyclic) bond motifs is 2. The quantitative estimate of drug-likeness (QED) is 0.236. The molecule has 0 spiro atoms. The number of halogens is 3. The first kappa shape index (κ1) is 19.6. The van der Waals surface area contributed by atoms with Crippen LogP contribution in [0.3, 0.4) is 0 Å². The Labute approximate surface area is 193 Å². The summed E-state index contributed by atoms with van der Waals surface area (Å²) in [6.45, 7) is 1.67. The Morgan fingerprint density at radius 3 is 2.66 bits per heavy atom. The number of nitrogens with one attached hydrogen (secondary N) is 3. The van der Waals surface area contributed by atoms with Gasteiger partial charge in [0.05, 0.1) is 9.99 Å². The first-order valence-electron chi connectivity index (χ1n) is 9.32. The Balaban J connectivity index is 1.46. The maximum atomic E-state index is 10.6. The van der Waals surface area contributed by atoms with E-state index in [2.05, 4.69) is 99.4 Å². The van der Waals surface area contributed by atoms with Crippen molar-refractivity contribution in [2.45, 2.75) is 12.1 Å². The van der Waals surface area contributed by atoms with Crippen molar-refractivity contribution in [2.75, 3.05) is 20.1 Å². The number of piperazine rings is 1. The summed E-state index contributed by atoms with van der Waals surface area (Å²) in [5.74, 6) is 0.278. The third-order valence-corrected chi connectivity index (χ3v) is 8.30. The fraction of sp³-hybridized carbons (Fsp3) is 0.238. The van der Waals surface area contributed by atoms with Gasteiger partial charge in [0.25, 0.3) is 0 Å². The number of aromatic nitrogens is 2. The van der Waals surface area contributed by atoms with Crippen LogP contribution in [-0.2, 0) is 0 Å². The Morgan fingerprint density at radius 2 is 1.86 bits per heavy atom. The van der Waals surface area contributed by atoms with E-state index in [1.807, 2.05) is 6.20 Å². The van der Waals surface area contributed by atoms with Crippen LogP contribution in [-0.4, -0.2) is 40.1 Å². The van der Waals surface area contributed by atoms with Gasteiger partial charge in [0, 0.05) is 62.8 Å². The van der Waals surface area contributed by atoms with Gasteiger partial charge in [-0.15, -0.1) is 0 Å². The molecule has 3 heterocycles. The molecule has 4 aromatic rings. The number of H-pyrrole nitrogens is 2. The van der Waals surface area contributed by atoms with Crippen molar-refractivity contribution in [3.8, 4) is 5.75 Å². The Kier molecular flexibility index (Phi) is 5.03. The van der Waals surface area contributed by atoms with Crippen molar-refractivity contribution in [2.24, 2.45) is 0 Å². The summed E-state index contributed by atoms with van der Waals surface area (Å²) >= 11 is 10.6. The zero-order valence-electron chi connectivity index (χ0n) is 15.6. The summed E-state index contributed by atoms with van der Waals surface area (Å²) in [7, 11) is 2.16. The Hall–Kier alpha value is -1.32. The van der Waals surface area contributed by atoms with E-state index in [1.165, 1.54) is 10.9 Å². The van der Waals surface area contributed by atoms with Crippen LogP contribution in [0.25, 0.3) is 21.8 Å². The second-order valence-corrected chi connectivity index (χ2v) is 10.1. The zero-order valence-corrected chi connectivity index (χ0v) is 20.3. The van der Waals surface area contributed by atoms with Crippen molar-refractivity contribution < 1.29 is 5.11 Å². The van der Waals surface area contributed by atoms with Gasteiger partial charge >= 0.3 is 0 Å². The zero-order chi connectivity index (χ0) is 20.3. The van der Waals surface area contributed by atoms with Crippen molar-refractivity contribution >= 4 is 69.6 Å². The third-order valence-electron chi connectivity index (χ3n) is 5.83. The molecule has 5 rings (SSSR count). The second kappa shape index (κ2) is 7.42. The number of likely N-dealkylation sites (N-methyl/N-ethyl adjacent to an activating group) is 1. The van der Waals surface area contributed by atoms with Crippen LogP contribution in [0.15, 0.2) is 50.1 Å². The van der Waals surface area contributed by atoms with Crippen molar-refractivity contribution in [3.05, 3.63) is 61.2 Å². The number of aromatic hydroxyl groups is 1. The minimum absolute atomic E-state index is 0.128. The van der Waals surface area contributed by atoms with Crippen molar-refractivity contribution in [3.63, 3.8) is 0 Å². The molecule has 0 radical (unpaired) electrons. The van der Waals surface area contributed by atoms with Crippen LogP contribution in [0, 0.1) is 0 Å². The topological polar surface area (TPSA) is 67.1 Å². The van der Waals surface area contributed by atoms with E-state index in [0.717, 1.165) is 48.5 Å². The number of benzene rings is 2. The fourth-order valence-electron chi connectivity index (χ4n) is 4.38. The number of aromatic amines is 2. The van der Waals surface area contributed by atoms with Gasteiger partial charge in [0.2, 0.25) is 0 Å². The fourth-order valence-corrected chi connectivity index (χ4v) is 5.58. The third kappa shape index (κ3) is 3.25. The lowest BCUT2D eigenvalue weighted by molar-refractivity contribution is 0.166. The molecule has 2 aromatic carbocycles. The highest BCUT2D eigenvalue weighted by Gasteiger charge is 2.31. The van der Waals surface area contributed by atoms with Gasteiger partial charge in [-0.2, -0.15) is 0 Å². The standard InChI is InChI=1S/C21H19Br3N4O/c1-28-9-16(13-7-27-21-19(13)18(29)5-14(23)20(21)24)26-8-17(28)12-6-25-15-4-10(22)2-3-11(12)15/h2-7,16-17,25-27,29H,8-9H2,1H3/t16-,17+/m0/s1. The van der Waals surface area contributed by atoms with Crippen molar-refractivity contribution in [1.29, 1.82) is 0 Å². The molecule has 0 unspecified atom stereocenters. The first-order valence-corrected chi connectivity index (χ1v) is 11.7. The Morgan fingerprint density at radius 1 is 1.07 bits per heavy atom. The van der Waals surface area contributed by atoms with Crippen LogP contribution in [0.1, 0.15) is 23.2 Å². The lowest BCUT2D eigenvalue weighted by atomic mass is 9.97. The Bertz CT molecular complexity index is 1230. The molecule has 1 fully saturated rings. The second-order valence-electron chi connectivity index (χ2n) is 7.54. The highest BCUT2D eigenvalue weighted by atomic mass is 79.9. The number of phenols is 1. The van der Waals surface area contributed by atoms with Gasteiger partial charge < -0.3 is 20.4 Å². The smallest absolute Gasteiger partial charge is 0.126 e. The number of phenolic OH excluding ortho intramolecular Hbond substituents is 1. The van der Waals surface area contributed by atoms with Gasteiger partial charge in [0.15, 0.2) is 0 Å². The summed E-state index contributed by atoms with van der Waals surface area (Å²) in [5, 5.41) is 16.4. The molecule has 150 valence electrons. The summed E-state index contributed by atoms with van der Waals surface area (Å²) in [4.78, 5) is 9.09. The SMILES string of the molecule is CN1C[C@@H](c2c[nH]c3c(Br)c(Br)cc(O)c23)NC[C@@H]1c1c[nH]c2cc(Br)ccc12. The van der Waals surface area contributed by atoms with Gasteiger partial charge in [-0.05, 0) is 68.2 Å². The minimum Gasteiger partial charge on any atom is -0.507 e. The molecule has 5 nitrogen and oxygen atoms in total. The highest BCUT2D eigenvalue weighted by molar-refractivity contribution is 9.13. The first-order chi connectivity index (χ1) is 13.9. The molecule has 29 heavy (non-hydrogen) atoms. The van der Waals surface area contributed by atoms with Gasteiger partial charge in [-0.25, -0.2) is 0 Å². The van der Waals surface area contributed by atoms with E-state index < -0.39 is 0 Å². The molecule has 1 saturated heterocycles. The van der Waals surface area contributed by atoms with Gasteiger partial charge in [0.1, 0.15) is 5.75 Å². The largest absolute Gasteiger partial charge is 0.507 e. The molecule has 0 saturated carbocycles. The minimum atomic E-state index is 0.128. The van der Waals surface area contributed by atoms with Crippen LogP contribution >= 0.6 is 47.8 Å². The average Bonchev–Trinajstić information content (AvgIpc) is 3.30. The lowest BCUT2D eigenvalue weighted by Crippen LogP contribution is -2.45. The number of hydrogen-bond donors (Lipinski definition) is 4. The average molecular weight is 583 g/mol. The van der Waals surface area contributed by atoms with E-state index in [1.54, 1.807) is 6.07 Å². The van der Waals surface area contributed by atoms with E-state index in [0.29, 0.717) is 0 Å². The number of hydrogen-bond acceptors (Lipinski definition) is 3.